The van der Waals surface area contributed by atoms with Crippen LogP contribution in [0.15, 0.2) is 30.3 Å². The van der Waals surface area contributed by atoms with Gasteiger partial charge >= 0.3 is 12.1 Å². The maximum absolute atomic E-state index is 12.8. The van der Waals surface area contributed by atoms with Crippen molar-refractivity contribution in [1.82, 2.24) is 5.32 Å². The first-order valence-electron chi connectivity index (χ1n) is 8.95. The summed E-state index contributed by atoms with van der Waals surface area (Å²) >= 11 is 0. The van der Waals surface area contributed by atoms with Crippen LogP contribution in [0.2, 0.25) is 0 Å². The first kappa shape index (κ1) is 19.9. The van der Waals surface area contributed by atoms with Crippen LogP contribution < -0.4 is 5.32 Å². The van der Waals surface area contributed by atoms with Gasteiger partial charge < -0.3 is 14.8 Å². The van der Waals surface area contributed by atoms with E-state index >= 15 is 0 Å². The molecular formula is C20H27NO5. The van der Waals surface area contributed by atoms with Gasteiger partial charge in [0.25, 0.3) is 0 Å². The molecular weight excluding hydrogens is 334 g/mol. The van der Waals surface area contributed by atoms with Gasteiger partial charge in [-0.3, -0.25) is 9.59 Å². The van der Waals surface area contributed by atoms with Gasteiger partial charge in [0.2, 0.25) is 0 Å². The van der Waals surface area contributed by atoms with E-state index in [-0.39, 0.29) is 18.8 Å². The summed E-state index contributed by atoms with van der Waals surface area (Å²) in [6.07, 6.45) is 0.532. The SMILES string of the molecule is CCOC(=O)[C@]1([C@H](NC(=O)OC(C)(C)C)c2ccccc2)CCCC1=O. The van der Waals surface area contributed by atoms with E-state index < -0.39 is 29.1 Å². The maximum Gasteiger partial charge on any atom is 0.408 e. The number of hydrogen-bond acceptors (Lipinski definition) is 5. The lowest BCUT2D eigenvalue weighted by Gasteiger charge is -2.35. The number of ketones is 1. The molecule has 0 saturated heterocycles. The number of rotatable bonds is 5. The fraction of sp³-hybridized carbons (Fsp3) is 0.550. The van der Waals surface area contributed by atoms with Crippen LogP contribution in [0.4, 0.5) is 4.79 Å². The molecule has 0 aromatic heterocycles. The van der Waals surface area contributed by atoms with Gasteiger partial charge in [-0.2, -0.15) is 0 Å². The van der Waals surface area contributed by atoms with Crippen molar-refractivity contribution in [3.8, 4) is 0 Å². The van der Waals surface area contributed by atoms with Gasteiger partial charge in [-0.15, -0.1) is 0 Å². The van der Waals surface area contributed by atoms with Gasteiger partial charge in [0, 0.05) is 6.42 Å². The van der Waals surface area contributed by atoms with Crippen LogP contribution in [0, 0.1) is 5.41 Å². The predicted molar refractivity (Wildman–Crippen MR) is 96.5 cm³/mol. The highest BCUT2D eigenvalue weighted by molar-refractivity contribution is 6.06. The second-order valence-corrected chi connectivity index (χ2v) is 7.46. The zero-order valence-electron chi connectivity index (χ0n) is 15.8. The number of Topliss-reactive ketones (excluding diaryl/α,β-unsaturated/α-hetero) is 1. The molecule has 1 aliphatic carbocycles. The van der Waals surface area contributed by atoms with Crippen LogP contribution in [0.3, 0.4) is 0 Å². The topological polar surface area (TPSA) is 81.7 Å². The molecule has 1 amide bonds. The molecule has 0 radical (unpaired) electrons. The average molecular weight is 361 g/mol. The first-order valence-corrected chi connectivity index (χ1v) is 8.95. The molecule has 0 heterocycles. The Morgan fingerprint density at radius 1 is 1.23 bits per heavy atom. The quantitative estimate of drug-likeness (QED) is 0.641. The highest BCUT2D eigenvalue weighted by atomic mass is 16.6. The van der Waals surface area contributed by atoms with Crippen LogP contribution in [0.5, 0.6) is 0 Å². The molecule has 26 heavy (non-hydrogen) atoms. The molecule has 2 rings (SSSR count). The molecule has 6 nitrogen and oxygen atoms in total. The van der Waals surface area contributed by atoms with Gasteiger partial charge in [-0.25, -0.2) is 4.79 Å². The zero-order valence-corrected chi connectivity index (χ0v) is 15.8. The number of nitrogens with one attached hydrogen (secondary N) is 1. The maximum atomic E-state index is 12.8. The summed E-state index contributed by atoms with van der Waals surface area (Å²) < 4.78 is 10.6. The highest BCUT2D eigenvalue weighted by Crippen LogP contribution is 2.46. The summed E-state index contributed by atoms with van der Waals surface area (Å²) in [6.45, 7) is 7.13. The highest BCUT2D eigenvalue weighted by Gasteiger charge is 2.56. The average Bonchev–Trinajstić information content (AvgIpc) is 2.94. The Labute approximate surface area is 154 Å². The molecule has 0 unspecified atom stereocenters. The third-order valence-electron chi connectivity index (χ3n) is 4.40. The van der Waals surface area contributed by atoms with Crippen molar-refractivity contribution in [2.75, 3.05) is 6.61 Å². The third-order valence-corrected chi connectivity index (χ3v) is 4.40. The Morgan fingerprint density at radius 2 is 1.88 bits per heavy atom. The number of esters is 1. The second kappa shape index (κ2) is 7.89. The van der Waals surface area contributed by atoms with Crippen LogP contribution in [-0.2, 0) is 19.1 Å². The fourth-order valence-corrected chi connectivity index (χ4v) is 3.35. The molecule has 6 heteroatoms. The predicted octanol–water partition coefficient (Wildman–Crippen LogP) is 3.55. The summed E-state index contributed by atoms with van der Waals surface area (Å²) in [5.41, 5.74) is -1.45. The Hall–Kier alpha value is -2.37. The van der Waals surface area contributed by atoms with Gasteiger partial charge in [0.05, 0.1) is 12.6 Å². The zero-order chi connectivity index (χ0) is 19.4. The molecule has 1 saturated carbocycles. The number of carbonyl (C=O) groups excluding carboxylic acids is 3. The summed E-state index contributed by atoms with van der Waals surface area (Å²) in [5.74, 6) is -0.798. The largest absolute Gasteiger partial charge is 0.465 e. The number of benzene rings is 1. The third kappa shape index (κ3) is 4.23. The van der Waals surface area contributed by atoms with Crippen molar-refractivity contribution < 1.29 is 23.9 Å². The van der Waals surface area contributed by atoms with Gasteiger partial charge in [0.15, 0.2) is 11.2 Å². The van der Waals surface area contributed by atoms with Crippen LogP contribution in [0.1, 0.15) is 58.6 Å². The van der Waals surface area contributed by atoms with Crippen molar-refractivity contribution >= 4 is 17.8 Å². The Bertz CT molecular complexity index is 665. The molecule has 0 spiro atoms. The van der Waals surface area contributed by atoms with Crippen molar-refractivity contribution in [2.24, 2.45) is 5.41 Å². The van der Waals surface area contributed by atoms with E-state index in [9.17, 15) is 14.4 Å². The minimum atomic E-state index is -1.42. The monoisotopic (exact) mass is 361 g/mol. The minimum absolute atomic E-state index is 0.168. The Balaban J connectivity index is 2.45. The number of carbonyl (C=O) groups is 3. The standard InChI is InChI=1S/C20H27NO5/c1-5-25-17(23)20(13-9-12-15(20)22)16(14-10-7-6-8-11-14)21-18(24)26-19(2,3)4/h6-8,10-11,16H,5,9,12-13H2,1-4H3,(H,21,24)/t16-,20-/m1/s1. The number of hydrogen-bond donors (Lipinski definition) is 1. The van der Waals surface area contributed by atoms with Crippen molar-refractivity contribution in [3.63, 3.8) is 0 Å². The Kier molecular flexibility index (Phi) is 6.05. The summed E-state index contributed by atoms with van der Waals surface area (Å²) in [7, 11) is 0. The lowest BCUT2D eigenvalue weighted by atomic mass is 9.74. The van der Waals surface area contributed by atoms with Crippen LogP contribution >= 0.6 is 0 Å². The number of ether oxygens (including phenoxy) is 2. The van der Waals surface area contributed by atoms with Crippen molar-refractivity contribution in [3.05, 3.63) is 35.9 Å². The van der Waals surface area contributed by atoms with E-state index in [1.807, 2.05) is 6.07 Å². The van der Waals surface area contributed by atoms with Crippen molar-refractivity contribution in [1.29, 1.82) is 0 Å². The number of alkyl carbamates (subject to hydrolysis) is 1. The fourth-order valence-electron chi connectivity index (χ4n) is 3.35. The van der Waals surface area contributed by atoms with E-state index in [1.165, 1.54) is 0 Å². The summed E-state index contributed by atoms with van der Waals surface area (Å²) in [6, 6.07) is 8.17. The minimum Gasteiger partial charge on any atom is -0.465 e. The van der Waals surface area contributed by atoms with E-state index in [1.54, 1.807) is 52.0 Å². The van der Waals surface area contributed by atoms with E-state index in [0.29, 0.717) is 18.4 Å². The van der Waals surface area contributed by atoms with Gasteiger partial charge in [-0.1, -0.05) is 30.3 Å². The lowest BCUT2D eigenvalue weighted by Crippen LogP contribution is -2.50. The second-order valence-electron chi connectivity index (χ2n) is 7.46. The summed E-state index contributed by atoms with van der Waals surface area (Å²) in [5, 5.41) is 2.76. The van der Waals surface area contributed by atoms with Crippen LogP contribution in [0.25, 0.3) is 0 Å². The van der Waals surface area contributed by atoms with Gasteiger partial charge in [-0.05, 0) is 46.1 Å². The summed E-state index contributed by atoms with van der Waals surface area (Å²) in [4.78, 5) is 38.1. The molecule has 142 valence electrons. The normalized spacial score (nSPS) is 21.2. The Morgan fingerprint density at radius 3 is 2.38 bits per heavy atom. The molecule has 2 atom stereocenters. The number of amides is 1. The van der Waals surface area contributed by atoms with E-state index in [0.717, 1.165) is 0 Å². The molecule has 1 aromatic rings. The molecule has 1 aromatic carbocycles. The molecule has 1 fully saturated rings. The molecule has 0 bridgehead atoms. The van der Waals surface area contributed by atoms with Gasteiger partial charge in [0.1, 0.15) is 5.60 Å². The molecule has 0 aliphatic heterocycles. The molecule has 1 N–H and O–H groups in total. The van der Waals surface area contributed by atoms with E-state index in [4.69, 9.17) is 9.47 Å². The molecule has 1 aliphatic rings. The smallest absolute Gasteiger partial charge is 0.408 e. The first-order chi connectivity index (χ1) is 12.2. The lowest BCUT2D eigenvalue weighted by molar-refractivity contribution is -0.161. The van der Waals surface area contributed by atoms with Crippen LogP contribution in [-0.4, -0.2) is 30.1 Å². The van der Waals surface area contributed by atoms with E-state index in [2.05, 4.69) is 5.32 Å². The van der Waals surface area contributed by atoms with Crippen molar-refractivity contribution in [2.45, 2.75) is 58.6 Å².